The molecule has 6 heteroatoms. The molecule has 2 N–H and O–H groups in total. The summed E-state index contributed by atoms with van der Waals surface area (Å²) in [5.74, 6) is 2.28. The van der Waals surface area contributed by atoms with Crippen molar-refractivity contribution >= 4 is 23.0 Å². The summed E-state index contributed by atoms with van der Waals surface area (Å²) in [6.07, 6.45) is 0. The molecule has 0 saturated carbocycles. The highest BCUT2D eigenvalue weighted by molar-refractivity contribution is 7.09. The van der Waals surface area contributed by atoms with E-state index < -0.39 is 0 Å². The Morgan fingerprint density at radius 1 is 1.32 bits per heavy atom. The van der Waals surface area contributed by atoms with Gasteiger partial charge in [-0.25, -0.2) is 9.97 Å². The molecule has 5 nitrogen and oxygen atoms in total. The van der Waals surface area contributed by atoms with Gasteiger partial charge in [-0.3, -0.25) is 0 Å². The van der Waals surface area contributed by atoms with Gasteiger partial charge in [0, 0.05) is 24.6 Å². The van der Waals surface area contributed by atoms with Crippen LogP contribution in [0.3, 0.4) is 0 Å². The summed E-state index contributed by atoms with van der Waals surface area (Å²) >= 11 is 1.72. The van der Waals surface area contributed by atoms with Crippen LogP contribution in [-0.2, 0) is 17.9 Å². The molecule has 0 saturated heterocycles. The summed E-state index contributed by atoms with van der Waals surface area (Å²) in [6.45, 7) is 3.81. The highest BCUT2D eigenvalue weighted by atomic mass is 32.1. The zero-order valence-corrected chi connectivity index (χ0v) is 12.0. The molecule has 0 aliphatic rings. The van der Waals surface area contributed by atoms with Crippen LogP contribution in [0, 0.1) is 0 Å². The van der Waals surface area contributed by atoms with Gasteiger partial charge in [0.1, 0.15) is 18.2 Å². The Balaban J connectivity index is 2.05. The second-order valence-corrected chi connectivity index (χ2v) is 4.91. The molecule has 0 aliphatic carbocycles. The Kier molecular flexibility index (Phi) is 5.11. The normalized spacial score (nSPS) is 10.4. The Hall–Kier alpha value is -1.66. The predicted molar refractivity (Wildman–Crippen MR) is 78.6 cm³/mol. The van der Waals surface area contributed by atoms with Crippen molar-refractivity contribution in [1.82, 2.24) is 9.97 Å². The molecule has 0 spiro atoms. The number of nitrogens with one attached hydrogen (secondary N) is 2. The van der Waals surface area contributed by atoms with E-state index in [1.807, 2.05) is 26.1 Å². The number of ether oxygens (including phenoxy) is 1. The Bertz CT molecular complexity index is 501. The molecule has 0 aromatic carbocycles. The third-order valence-corrected chi connectivity index (χ3v) is 3.36. The van der Waals surface area contributed by atoms with E-state index in [0.29, 0.717) is 19.0 Å². The van der Waals surface area contributed by atoms with Crippen LogP contribution in [0.15, 0.2) is 23.6 Å². The fourth-order valence-corrected chi connectivity index (χ4v) is 2.21. The first-order valence-electron chi connectivity index (χ1n) is 6.21. The van der Waals surface area contributed by atoms with E-state index in [2.05, 4.69) is 32.0 Å². The summed E-state index contributed by atoms with van der Waals surface area (Å²) in [7, 11) is 1.84. The molecule has 0 fully saturated rings. The Morgan fingerprint density at radius 3 is 2.84 bits per heavy atom. The first-order chi connectivity index (χ1) is 9.31. The SMILES string of the molecule is CCOCc1nc(NC)cc(NCc2cccs2)n1. The maximum atomic E-state index is 5.35. The molecule has 0 aliphatic heterocycles. The van der Waals surface area contributed by atoms with Crippen LogP contribution >= 0.6 is 11.3 Å². The van der Waals surface area contributed by atoms with Crippen molar-refractivity contribution in [2.24, 2.45) is 0 Å². The molecular weight excluding hydrogens is 260 g/mol. The molecule has 2 rings (SSSR count). The number of rotatable bonds is 7. The van der Waals surface area contributed by atoms with Crippen LogP contribution in [0.25, 0.3) is 0 Å². The van der Waals surface area contributed by atoms with Gasteiger partial charge in [0.2, 0.25) is 0 Å². The van der Waals surface area contributed by atoms with E-state index in [4.69, 9.17) is 4.74 Å². The highest BCUT2D eigenvalue weighted by Gasteiger charge is 2.04. The van der Waals surface area contributed by atoms with Gasteiger partial charge < -0.3 is 15.4 Å². The first kappa shape index (κ1) is 13.8. The number of nitrogens with zero attached hydrogens (tertiary/aromatic N) is 2. The fraction of sp³-hybridized carbons (Fsp3) is 0.385. The van der Waals surface area contributed by atoms with Crippen molar-refractivity contribution in [3.8, 4) is 0 Å². The van der Waals surface area contributed by atoms with Crippen molar-refractivity contribution in [2.45, 2.75) is 20.1 Å². The lowest BCUT2D eigenvalue weighted by atomic mass is 10.4. The monoisotopic (exact) mass is 278 g/mol. The van der Waals surface area contributed by atoms with Gasteiger partial charge in [-0.2, -0.15) is 0 Å². The van der Waals surface area contributed by atoms with Gasteiger partial charge in [0.25, 0.3) is 0 Å². The Labute approximate surface area is 117 Å². The van der Waals surface area contributed by atoms with Crippen molar-refractivity contribution in [2.75, 3.05) is 24.3 Å². The standard InChI is InChI=1S/C13H18N4OS/c1-3-18-9-13-16-11(14-2)7-12(17-13)15-8-10-5-4-6-19-10/h4-7H,3,8-9H2,1-2H3,(H2,14,15,16,17). The van der Waals surface area contributed by atoms with Gasteiger partial charge in [0.15, 0.2) is 5.82 Å². The summed E-state index contributed by atoms with van der Waals surface area (Å²) in [5.41, 5.74) is 0. The second-order valence-electron chi connectivity index (χ2n) is 3.87. The summed E-state index contributed by atoms with van der Waals surface area (Å²) in [4.78, 5) is 10.1. The molecule has 0 bridgehead atoms. The lowest BCUT2D eigenvalue weighted by Crippen LogP contribution is -2.07. The first-order valence-corrected chi connectivity index (χ1v) is 7.09. The summed E-state index contributed by atoms with van der Waals surface area (Å²) in [5, 5.41) is 8.40. The van der Waals surface area contributed by atoms with E-state index in [1.165, 1.54) is 4.88 Å². The highest BCUT2D eigenvalue weighted by Crippen LogP contribution is 2.14. The molecular formula is C13H18N4OS. The molecule has 0 amide bonds. The van der Waals surface area contributed by atoms with Gasteiger partial charge >= 0.3 is 0 Å². The molecule has 0 atom stereocenters. The average Bonchev–Trinajstić information content (AvgIpc) is 2.96. The number of hydrogen-bond acceptors (Lipinski definition) is 6. The van der Waals surface area contributed by atoms with Crippen molar-refractivity contribution in [3.63, 3.8) is 0 Å². The summed E-state index contributed by atoms with van der Waals surface area (Å²) < 4.78 is 5.35. The maximum absolute atomic E-state index is 5.35. The fourth-order valence-electron chi connectivity index (χ4n) is 1.56. The van der Waals surface area contributed by atoms with Gasteiger partial charge in [-0.1, -0.05) is 6.07 Å². The number of anilines is 2. The lowest BCUT2D eigenvalue weighted by Gasteiger charge is -2.09. The third-order valence-electron chi connectivity index (χ3n) is 2.49. The smallest absolute Gasteiger partial charge is 0.158 e. The molecule has 2 aromatic heterocycles. The van der Waals surface area contributed by atoms with Gasteiger partial charge in [-0.15, -0.1) is 11.3 Å². The van der Waals surface area contributed by atoms with Gasteiger partial charge in [0.05, 0.1) is 6.54 Å². The largest absolute Gasteiger partial charge is 0.374 e. The van der Waals surface area contributed by atoms with E-state index in [0.717, 1.165) is 18.2 Å². The van der Waals surface area contributed by atoms with E-state index in [1.54, 1.807) is 11.3 Å². The average molecular weight is 278 g/mol. The van der Waals surface area contributed by atoms with Crippen LogP contribution in [0.1, 0.15) is 17.6 Å². The van der Waals surface area contributed by atoms with Crippen molar-refractivity contribution in [3.05, 3.63) is 34.3 Å². The van der Waals surface area contributed by atoms with Crippen LogP contribution in [-0.4, -0.2) is 23.6 Å². The van der Waals surface area contributed by atoms with Gasteiger partial charge in [-0.05, 0) is 18.4 Å². The topological polar surface area (TPSA) is 59.1 Å². The quantitative estimate of drug-likeness (QED) is 0.815. The third kappa shape index (κ3) is 4.18. The Morgan fingerprint density at radius 2 is 2.16 bits per heavy atom. The zero-order valence-electron chi connectivity index (χ0n) is 11.1. The second kappa shape index (κ2) is 7.06. The molecule has 19 heavy (non-hydrogen) atoms. The summed E-state index contributed by atoms with van der Waals surface area (Å²) in [6, 6.07) is 6.03. The minimum atomic E-state index is 0.430. The molecule has 0 radical (unpaired) electrons. The molecule has 2 heterocycles. The minimum absolute atomic E-state index is 0.430. The number of thiophene rings is 1. The van der Waals surface area contributed by atoms with Crippen molar-refractivity contribution < 1.29 is 4.74 Å². The predicted octanol–water partition coefficient (Wildman–Crippen LogP) is 2.73. The van der Waals surface area contributed by atoms with E-state index in [9.17, 15) is 0 Å². The number of aromatic nitrogens is 2. The molecule has 2 aromatic rings. The zero-order chi connectivity index (χ0) is 13.5. The molecule has 102 valence electrons. The number of hydrogen-bond donors (Lipinski definition) is 2. The minimum Gasteiger partial charge on any atom is -0.374 e. The van der Waals surface area contributed by atoms with Crippen molar-refractivity contribution in [1.29, 1.82) is 0 Å². The maximum Gasteiger partial charge on any atom is 0.158 e. The van der Waals surface area contributed by atoms with Crippen LogP contribution in [0.2, 0.25) is 0 Å². The van der Waals surface area contributed by atoms with Crippen LogP contribution in [0.5, 0.6) is 0 Å². The van der Waals surface area contributed by atoms with E-state index >= 15 is 0 Å². The lowest BCUT2D eigenvalue weighted by molar-refractivity contribution is 0.128. The van der Waals surface area contributed by atoms with E-state index in [-0.39, 0.29) is 0 Å². The molecule has 0 unspecified atom stereocenters. The van der Waals surface area contributed by atoms with Crippen LogP contribution < -0.4 is 10.6 Å². The van der Waals surface area contributed by atoms with Crippen LogP contribution in [0.4, 0.5) is 11.6 Å².